The quantitative estimate of drug-likeness (QED) is 0.650. The zero-order valence-corrected chi connectivity index (χ0v) is 16.5. The van der Waals surface area contributed by atoms with Crippen molar-refractivity contribution >= 4 is 29.1 Å². The van der Waals surface area contributed by atoms with Crippen LogP contribution in [0.15, 0.2) is 72.8 Å². The van der Waals surface area contributed by atoms with E-state index in [-0.39, 0.29) is 11.8 Å². The van der Waals surface area contributed by atoms with Crippen molar-refractivity contribution in [3.05, 3.63) is 100 Å². The molecular weight excluding hydrogens is 372 g/mol. The van der Waals surface area contributed by atoms with E-state index >= 15 is 0 Å². The van der Waals surface area contributed by atoms with Crippen molar-refractivity contribution in [1.82, 2.24) is 4.90 Å². The van der Waals surface area contributed by atoms with Crippen LogP contribution in [0.2, 0.25) is 5.02 Å². The standard InChI is InChI=1S/C23H21ClN2O2/c1-16-11-12-20(14-21(16)24)25-22(27)18-9-6-10-19(13-18)23(28)26(2)15-17-7-4-3-5-8-17/h3-14H,15H2,1-2H3,(H,25,27). The molecule has 3 aromatic rings. The van der Waals surface area contributed by atoms with E-state index in [4.69, 9.17) is 11.6 Å². The van der Waals surface area contributed by atoms with E-state index in [1.807, 2.05) is 43.3 Å². The van der Waals surface area contributed by atoms with Gasteiger partial charge in [-0.2, -0.15) is 0 Å². The topological polar surface area (TPSA) is 49.4 Å². The molecule has 0 radical (unpaired) electrons. The Hall–Kier alpha value is -3.11. The maximum absolute atomic E-state index is 12.7. The molecule has 3 aromatic carbocycles. The largest absolute Gasteiger partial charge is 0.337 e. The summed E-state index contributed by atoms with van der Waals surface area (Å²) >= 11 is 6.11. The molecule has 0 aliphatic heterocycles. The SMILES string of the molecule is Cc1ccc(NC(=O)c2cccc(C(=O)N(C)Cc3ccccc3)c2)cc1Cl. The van der Waals surface area contributed by atoms with Crippen molar-refractivity contribution in [2.24, 2.45) is 0 Å². The lowest BCUT2D eigenvalue weighted by Crippen LogP contribution is -2.26. The second kappa shape index (κ2) is 8.72. The molecule has 1 N–H and O–H groups in total. The molecule has 0 heterocycles. The smallest absolute Gasteiger partial charge is 0.255 e. The minimum atomic E-state index is -0.291. The number of carbonyl (C=O) groups excluding carboxylic acids is 2. The summed E-state index contributed by atoms with van der Waals surface area (Å²) in [6.45, 7) is 2.40. The normalized spacial score (nSPS) is 10.4. The Labute approximate surface area is 169 Å². The van der Waals surface area contributed by atoms with Gasteiger partial charge in [-0.1, -0.05) is 54.1 Å². The van der Waals surface area contributed by atoms with Gasteiger partial charge in [-0.25, -0.2) is 0 Å². The maximum Gasteiger partial charge on any atom is 0.255 e. The highest BCUT2D eigenvalue weighted by molar-refractivity contribution is 6.31. The van der Waals surface area contributed by atoms with Crippen molar-refractivity contribution < 1.29 is 9.59 Å². The fraction of sp³-hybridized carbons (Fsp3) is 0.130. The van der Waals surface area contributed by atoms with Crippen LogP contribution in [0.3, 0.4) is 0 Å². The number of hydrogen-bond donors (Lipinski definition) is 1. The minimum absolute atomic E-state index is 0.142. The molecule has 0 saturated heterocycles. The van der Waals surface area contributed by atoms with Gasteiger partial charge in [0.15, 0.2) is 0 Å². The van der Waals surface area contributed by atoms with E-state index in [1.165, 1.54) is 0 Å². The first-order valence-corrected chi connectivity index (χ1v) is 9.29. The van der Waals surface area contributed by atoms with Gasteiger partial charge in [0.1, 0.15) is 0 Å². The van der Waals surface area contributed by atoms with Crippen LogP contribution in [-0.4, -0.2) is 23.8 Å². The molecule has 4 nitrogen and oxygen atoms in total. The summed E-state index contributed by atoms with van der Waals surface area (Å²) in [6.07, 6.45) is 0. The number of aryl methyl sites for hydroxylation is 1. The highest BCUT2D eigenvalue weighted by Gasteiger charge is 2.15. The molecule has 0 spiro atoms. The summed E-state index contributed by atoms with van der Waals surface area (Å²) in [5.74, 6) is -0.433. The number of halogens is 1. The lowest BCUT2D eigenvalue weighted by atomic mass is 10.1. The Morgan fingerprint density at radius 1 is 0.929 bits per heavy atom. The summed E-state index contributed by atoms with van der Waals surface area (Å²) in [5, 5.41) is 3.40. The van der Waals surface area contributed by atoms with Crippen molar-refractivity contribution in [3.63, 3.8) is 0 Å². The monoisotopic (exact) mass is 392 g/mol. The maximum atomic E-state index is 12.7. The number of nitrogens with zero attached hydrogens (tertiary/aromatic N) is 1. The van der Waals surface area contributed by atoms with Crippen LogP contribution in [0.1, 0.15) is 31.8 Å². The number of rotatable bonds is 5. The van der Waals surface area contributed by atoms with Crippen LogP contribution in [0, 0.1) is 6.92 Å². The van der Waals surface area contributed by atoms with Gasteiger partial charge in [-0.15, -0.1) is 0 Å². The highest BCUT2D eigenvalue weighted by Crippen LogP contribution is 2.21. The van der Waals surface area contributed by atoms with E-state index in [0.29, 0.717) is 28.4 Å². The molecule has 0 aromatic heterocycles. The van der Waals surface area contributed by atoms with E-state index in [9.17, 15) is 9.59 Å². The average molecular weight is 393 g/mol. The number of nitrogens with one attached hydrogen (secondary N) is 1. The summed E-state index contributed by atoms with van der Waals surface area (Å²) in [6, 6.07) is 21.8. The van der Waals surface area contributed by atoms with Crippen LogP contribution in [0.4, 0.5) is 5.69 Å². The zero-order valence-electron chi connectivity index (χ0n) is 15.8. The molecule has 5 heteroatoms. The lowest BCUT2D eigenvalue weighted by Gasteiger charge is -2.17. The molecule has 3 rings (SSSR count). The van der Waals surface area contributed by atoms with Crippen LogP contribution >= 0.6 is 11.6 Å². The minimum Gasteiger partial charge on any atom is -0.337 e. The third kappa shape index (κ3) is 4.78. The third-order valence-electron chi connectivity index (χ3n) is 4.41. The number of amides is 2. The highest BCUT2D eigenvalue weighted by atomic mass is 35.5. The molecule has 0 unspecified atom stereocenters. The second-order valence-corrected chi connectivity index (χ2v) is 7.05. The fourth-order valence-corrected chi connectivity index (χ4v) is 3.00. The van der Waals surface area contributed by atoms with Crippen molar-refractivity contribution in [2.45, 2.75) is 13.5 Å². The molecule has 0 aliphatic rings. The third-order valence-corrected chi connectivity index (χ3v) is 4.82. The van der Waals surface area contributed by atoms with E-state index in [2.05, 4.69) is 5.32 Å². The van der Waals surface area contributed by atoms with Gasteiger partial charge in [0, 0.05) is 35.4 Å². The fourth-order valence-electron chi connectivity index (χ4n) is 2.82. The summed E-state index contributed by atoms with van der Waals surface area (Å²) in [7, 11) is 1.75. The number of carbonyl (C=O) groups is 2. The average Bonchev–Trinajstić information content (AvgIpc) is 2.71. The van der Waals surface area contributed by atoms with Gasteiger partial charge >= 0.3 is 0 Å². The zero-order chi connectivity index (χ0) is 20.1. The number of anilines is 1. The van der Waals surface area contributed by atoms with Crippen LogP contribution < -0.4 is 5.32 Å². The van der Waals surface area contributed by atoms with Crippen LogP contribution in [0.25, 0.3) is 0 Å². The van der Waals surface area contributed by atoms with Crippen LogP contribution in [-0.2, 0) is 6.54 Å². The second-order valence-electron chi connectivity index (χ2n) is 6.65. The lowest BCUT2D eigenvalue weighted by molar-refractivity contribution is 0.0785. The van der Waals surface area contributed by atoms with Crippen molar-refractivity contribution in [2.75, 3.05) is 12.4 Å². The number of benzene rings is 3. The first-order chi connectivity index (χ1) is 13.4. The summed E-state index contributed by atoms with van der Waals surface area (Å²) < 4.78 is 0. The molecule has 142 valence electrons. The van der Waals surface area contributed by atoms with Crippen molar-refractivity contribution in [3.8, 4) is 0 Å². The van der Waals surface area contributed by atoms with Crippen molar-refractivity contribution in [1.29, 1.82) is 0 Å². The molecule has 0 saturated carbocycles. The van der Waals surface area contributed by atoms with Gasteiger partial charge < -0.3 is 10.2 Å². The van der Waals surface area contributed by atoms with Gasteiger partial charge in [0.25, 0.3) is 11.8 Å². The molecule has 0 aliphatic carbocycles. The first kappa shape index (κ1) is 19.6. The van der Waals surface area contributed by atoms with Gasteiger partial charge in [0.05, 0.1) is 0 Å². The Kier molecular flexibility index (Phi) is 6.12. The molecule has 0 atom stereocenters. The van der Waals surface area contributed by atoms with E-state index in [1.54, 1.807) is 48.3 Å². The Morgan fingerprint density at radius 3 is 2.36 bits per heavy atom. The van der Waals surface area contributed by atoms with Gasteiger partial charge in [-0.05, 0) is 48.4 Å². The van der Waals surface area contributed by atoms with Crippen LogP contribution in [0.5, 0.6) is 0 Å². The first-order valence-electron chi connectivity index (χ1n) is 8.91. The summed E-state index contributed by atoms with van der Waals surface area (Å²) in [4.78, 5) is 26.9. The van der Waals surface area contributed by atoms with E-state index in [0.717, 1.165) is 11.1 Å². The van der Waals surface area contributed by atoms with Gasteiger partial charge in [-0.3, -0.25) is 9.59 Å². The molecule has 0 bridgehead atoms. The Morgan fingerprint density at radius 2 is 1.64 bits per heavy atom. The molecule has 28 heavy (non-hydrogen) atoms. The molecule has 2 amide bonds. The molecular formula is C23H21ClN2O2. The van der Waals surface area contributed by atoms with Gasteiger partial charge in [0.2, 0.25) is 0 Å². The predicted octanol–water partition coefficient (Wildman–Crippen LogP) is 5.17. The van der Waals surface area contributed by atoms with E-state index < -0.39 is 0 Å². The molecule has 0 fully saturated rings. The number of hydrogen-bond acceptors (Lipinski definition) is 2. The Balaban J connectivity index is 1.72. The summed E-state index contributed by atoms with van der Waals surface area (Å²) in [5.41, 5.74) is 3.47. The Bertz CT molecular complexity index is 1000. The predicted molar refractivity (Wildman–Crippen MR) is 113 cm³/mol.